The van der Waals surface area contributed by atoms with Crippen molar-refractivity contribution in [2.24, 2.45) is 0 Å². The highest BCUT2D eigenvalue weighted by Gasteiger charge is 2.13. The van der Waals surface area contributed by atoms with Gasteiger partial charge in [-0.25, -0.2) is 9.37 Å². The minimum absolute atomic E-state index is 0.134. The standard InChI is InChI=1S/C12H10ClFN2O2/c1-7-3-4-8(5-9(7)14)18-12-10(17-2)11(13)15-6-16-12/h3-6H,1-2H3. The zero-order valence-corrected chi connectivity index (χ0v) is 10.5. The number of methoxy groups -OCH3 is 1. The van der Waals surface area contributed by atoms with Gasteiger partial charge in [0.25, 0.3) is 5.88 Å². The summed E-state index contributed by atoms with van der Waals surface area (Å²) in [5.74, 6) is 0.304. The predicted octanol–water partition coefficient (Wildman–Crippen LogP) is 3.38. The Balaban J connectivity index is 2.34. The lowest BCUT2D eigenvalue weighted by molar-refractivity contribution is 0.366. The summed E-state index contributed by atoms with van der Waals surface area (Å²) in [5, 5.41) is 0.134. The fourth-order valence-electron chi connectivity index (χ4n) is 1.33. The third-order valence-electron chi connectivity index (χ3n) is 2.29. The van der Waals surface area contributed by atoms with Gasteiger partial charge in [-0.2, -0.15) is 4.98 Å². The fraction of sp³-hybridized carbons (Fsp3) is 0.167. The summed E-state index contributed by atoms with van der Waals surface area (Å²) in [6, 6.07) is 4.51. The van der Waals surface area contributed by atoms with Crippen molar-refractivity contribution in [3.63, 3.8) is 0 Å². The van der Waals surface area contributed by atoms with Crippen molar-refractivity contribution in [3.05, 3.63) is 41.1 Å². The maximum atomic E-state index is 13.4. The molecule has 94 valence electrons. The molecule has 4 nitrogen and oxygen atoms in total. The van der Waals surface area contributed by atoms with Gasteiger partial charge in [0.05, 0.1) is 7.11 Å². The van der Waals surface area contributed by atoms with Crippen molar-refractivity contribution in [2.45, 2.75) is 6.92 Å². The van der Waals surface area contributed by atoms with Crippen molar-refractivity contribution in [1.82, 2.24) is 9.97 Å². The van der Waals surface area contributed by atoms with Gasteiger partial charge in [-0.05, 0) is 18.6 Å². The second-order valence-corrected chi connectivity index (χ2v) is 3.87. The second kappa shape index (κ2) is 5.18. The van der Waals surface area contributed by atoms with Gasteiger partial charge in [-0.3, -0.25) is 0 Å². The van der Waals surface area contributed by atoms with Gasteiger partial charge in [-0.15, -0.1) is 0 Å². The average Bonchev–Trinajstić information content (AvgIpc) is 2.34. The normalized spacial score (nSPS) is 10.2. The van der Waals surface area contributed by atoms with E-state index in [0.29, 0.717) is 11.3 Å². The second-order valence-electron chi connectivity index (χ2n) is 3.52. The van der Waals surface area contributed by atoms with Gasteiger partial charge in [0.15, 0.2) is 5.15 Å². The molecule has 1 heterocycles. The Kier molecular flexibility index (Phi) is 3.62. The van der Waals surface area contributed by atoms with Gasteiger partial charge >= 0.3 is 0 Å². The molecule has 0 aliphatic rings. The largest absolute Gasteiger partial charge is 0.489 e. The summed E-state index contributed by atoms with van der Waals surface area (Å²) in [6.07, 6.45) is 1.24. The molecule has 0 amide bonds. The molecule has 0 bridgehead atoms. The van der Waals surface area contributed by atoms with Crippen molar-refractivity contribution in [3.8, 4) is 17.4 Å². The number of hydrogen-bond donors (Lipinski definition) is 0. The van der Waals surface area contributed by atoms with E-state index in [0.717, 1.165) is 0 Å². The Morgan fingerprint density at radius 3 is 2.72 bits per heavy atom. The summed E-state index contributed by atoms with van der Waals surface area (Å²) in [7, 11) is 1.42. The molecule has 2 rings (SSSR count). The van der Waals surface area contributed by atoms with Crippen LogP contribution in [0.25, 0.3) is 0 Å². The summed E-state index contributed by atoms with van der Waals surface area (Å²) in [5.41, 5.74) is 0.537. The van der Waals surface area contributed by atoms with E-state index >= 15 is 0 Å². The first kappa shape index (κ1) is 12.6. The predicted molar refractivity (Wildman–Crippen MR) is 64.8 cm³/mol. The Bertz CT molecular complexity index is 578. The third-order valence-corrected chi connectivity index (χ3v) is 2.56. The SMILES string of the molecule is COc1c(Cl)ncnc1Oc1ccc(C)c(F)c1. The van der Waals surface area contributed by atoms with Gasteiger partial charge in [0, 0.05) is 6.07 Å². The summed E-state index contributed by atoms with van der Waals surface area (Å²) >= 11 is 5.82. The molecule has 0 aliphatic carbocycles. The van der Waals surface area contributed by atoms with Crippen molar-refractivity contribution in [1.29, 1.82) is 0 Å². The van der Waals surface area contributed by atoms with Crippen LogP contribution in [0.2, 0.25) is 5.15 Å². The Hall–Kier alpha value is -1.88. The van der Waals surface area contributed by atoms with E-state index in [2.05, 4.69) is 9.97 Å². The molecule has 0 N–H and O–H groups in total. The van der Waals surface area contributed by atoms with Crippen molar-refractivity contribution >= 4 is 11.6 Å². The van der Waals surface area contributed by atoms with E-state index in [-0.39, 0.29) is 22.6 Å². The molecule has 18 heavy (non-hydrogen) atoms. The number of halogens is 2. The quantitative estimate of drug-likeness (QED) is 0.801. The maximum Gasteiger partial charge on any atom is 0.267 e. The first-order valence-corrected chi connectivity index (χ1v) is 5.48. The highest BCUT2D eigenvalue weighted by molar-refractivity contribution is 6.31. The zero-order chi connectivity index (χ0) is 13.1. The minimum atomic E-state index is -0.355. The summed E-state index contributed by atoms with van der Waals surface area (Å²) < 4.78 is 23.8. The highest BCUT2D eigenvalue weighted by Crippen LogP contribution is 2.33. The van der Waals surface area contributed by atoms with Crippen molar-refractivity contribution < 1.29 is 13.9 Å². The average molecular weight is 269 g/mol. The molecule has 1 aromatic heterocycles. The lowest BCUT2D eigenvalue weighted by atomic mass is 10.2. The lowest BCUT2D eigenvalue weighted by Crippen LogP contribution is -1.96. The molecule has 6 heteroatoms. The van der Waals surface area contributed by atoms with Crippen LogP contribution in [0.4, 0.5) is 4.39 Å². The summed E-state index contributed by atoms with van der Waals surface area (Å²) in [4.78, 5) is 7.65. The molecule has 2 aromatic rings. The monoisotopic (exact) mass is 268 g/mol. The fourth-order valence-corrected chi connectivity index (χ4v) is 1.53. The number of rotatable bonds is 3. The van der Waals surface area contributed by atoms with Crippen LogP contribution in [-0.2, 0) is 0 Å². The Morgan fingerprint density at radius 1 is 1.28 bits per heavy atom. The molecule has 0 spiro atoms. The van der Waals surface area contributed by atoms with Crippen LogP contribution in [-0.4, -0.2) is 17.1 Å². The van der Waals surface area contributed by atoms with Gasteiger partial charge in [0.1, 0.15) is 17.9 Å². The van der Waals surface area contributed by atoms with E-state index in [9.17, 15) is 4.39 Å². The lowest BCUT2D eigenvalue weighted by Gasteiger charge is -2.09. The molecule has 0 saturated heterocycles. The molecule has 0 radical (unpaired) electrons. The van der Waals surface area contributed by atoms with E-state index in [4.69, 9.17) is 21.1 Å². The van der Waals surface area contributed by atoms with Crippen LogP contribution in [0.15, 0.2) is 24.5 Å². The molecular formula is C12H10ClFN2O2. The van der Waals surface area contributed by atoms with Crippen LogP contribution in [0, 0.1) is 12.7 Å². The third kappa shape index (κ3) is 2.51. The minimum Gasteiger partial charge on any atom is -0.489 e. The number of ether oxygens (including phenoxy) is 2. The van der Waals surface area contributed by atoms with Gasteiger partial charge in [0.2, 0.25) is 5.75 Å². The number of hydrogen-bond acceptors (Lipinski definition) is 4. The Labute approximate surface area is 108 Å². The molecule has 0 atom stereocenters. The number of nitrogens with zero attached hydrogens (tertiary/aromatic N) is 2. The zero-order valence-electron chi connectivity index (χ0n) is 9.78. The maximum absolute atomic E-state index is 13.4. The topological polar surface area (TPSA) is 44.2 Å². The molecule has 0 saturated carbocycles. The smallest absolute Gasteiger partial charge is 0.267 e. The first-order chi connectivity index (χ1) is 8.61. The summed E-state index contributed by atoms with van der Waals surface area (Å²) in [6.45, 7) is 1.67. The van der Waals surface area contributed by atoms with E-state index in [1.807, 2.05) is 0 Å². The molecule has 0 fully saturated rings. The number of aryl methyl sites for hydroxylation is 1. The molecular weight excluding hydrogens is 259 g/mol. The van der Waals surface area contributed by atoms with E-state index < -0.39 is 0 Å². The van der Waals surface area contributed by atoms with Gasteiger partial charge < -0.3 is 9.47 Å². The molecule has 1 aromatic carbocycles. The number of benzene rings is 1. The Morgan fingerprint density at radius 2 is 2.06 bits per heavy atom. The van der Waals surface area contributed by atoms with Crippen LogP contribution in [0.1, 0.15) is 5.56 Å². The van der Waals surface area contributed by atoms with Gasteiger partial charge in [-0.1, -0.05) is 17.7 Å². The van der Waals surface area contributed by atoms with Crippen molar-refractivity contribution in [2.75, 3.05) is 7.11 Å². The molecule has 0 aliphatic heterocycles. The van der Waals surface area contributed by atoms with E-state index in [1.165, 1.54) is 19.5 Å². The van der Waals surface area contributed by atoms with Crippen LogP contribution in [0.3, 0.4) is 0 Å². The van der Waals surface area contributed by atoms with Crippen LogP contribution in [0.5, 0.6) is 17.4 Å². The first-order valence-electron chi connectivity index (χ1n) is 5.10. The highest BCUT2D eigenvalue weighted by atomic mass is 35.5. The van der Waals surface area contributed by atoms with Crippen LogP contribution < -0.4 is 9.47 Å². The number of aromatic nitrogens is 2. The van der Waals surface area contributed by atoms with E-state index in [1.54, 1.807) is 19.1 Å². The van der Waals surface area contributed by atoms with Crippen LogP contribution >= 0.6 is 11.6 Å². The molecule has 0 unspecified atom stereocenters.